The smallest absolute Gasteiger partial charge is 0.316 e. The molecule has 0 atom stereocenters. The Balaban J connectivity index is 2.43. The third-order valence-electron chi connectivity index (χ3n) is 1.63. The van der Waals surface area contributed by atoms with Gasteiger partial charge in [0.25, 0.3) is 0 Å². The lowest BCUT2D eigenvalue weighted by Crippen LogP contribution is -1.79. The van der Waals surface area contributed by atoms with Crippen molar-refractivity contribution in [1.82, 2.24) is 10.1 Å². The average Bonchev–Trinajstić information content (AvgIpc) is 2.58. The summed E-state index contributed by atoms with van der Waals surface area (Å²) in [6.07, 6.45) is 2.31. The van der Waals surface area contributed by atoms with E-state index in [0.717, 1.165) is 5.56 Å². The summed E-state index contributed by atoms with van der Waals surface area (Å²) in [6, 6.07) is 7.92. The topological polar surface area (TPSA) is 38.9 Å². The Kier molecular flexibility index (Phi) is 1.63. The molecule has 2 rings (SSSR count). The van der Waals surface area contributed by atoms with Gasteiger partial charge >= 0.3 is 6.39 Å². The molecular formula is C9H7N2O. The Morgan fingerprint density at radius 3 is 2.58 bits per heavy atom. The molecule has 3 nitrogen and oxygen atoms in total. The number of benzene rings is 1. The van der Waals surface area contributed by atoms with Gasteiger partial charge in [0.05, 0.1) is 0 Å². The van der Waals surface area contributed by atoms with Gasteiger partial charge in [-0.05, 0) is 6.92 Å². The Bertz CT molecular complexity index is 351. The van der Waals surface area contributed by atoms with Crippen molar-refractivity contribution in [3.05, 3.63) is 36.2 Å². The van der Waals surface area contributed by atoms with Crippen LogP contribution in [-0.2, 0) is 0 Å². The lowest BCUT2D eigenvalue weighted by Gasteiger charge is -1.93. The van der Waals surface area contributed by atoms with Crippen LogP contribution in [0.2, 0.25) is 0 Å². The molecule has 12 heavy (non-hydrogen) atoms. The van der Waals surface area contributed by atoms with Gasteiger partial charge in [-0.3, -0.25) is 0 Å². The second kappa shape index (κ2) is 2.77. The SMILES string of the molecule is Cc1ccc(-c2n[c]on2)cc1. The van der Waals surface area contributed by atoms with E-state index in [-0.39, 0.29) is 0 Å². The number of hydrogen-bond donors (Lipinski definition) is 0. The molecule has 1 radical (unpaired) electrons. The van der Waals surface area contributed by atoms with Crippen molar-refractivity contribution in [3.63, 3.8) is 0 Å². The summed E-state index contributed by atoms with van der Waals surface area (Å²) in [4.78, 5) is 3.81. The van der Waals surface area contributed by atoms with Crippen molar-refractivity contribution in [2.75, 3.05) is 0 Å². The van der Waals surface area contributed by atoms with Crippen LogP contribution in [0, 0.1) is 13.3 Å². The first-order valence-corrected chi connectivity index (χ1v) is 3.63. The fourth-order valence-corrected chi connectivity index (χ4v) is 0.968. The van der Waals surface area contributed by atoms with E-state index in [4.69, 9.17) is 0 Å². The van der Waals surface area contributed by atoms with Crippen LogP contribution in [0.15, 0.2) is 28.8 Å². The molecule has 0 saturated carbocycles. The highest BCUT2D eigenvalue weighted by molar-refractivity contribution is 5.53. The molecule has 0 bridgehead atoms. The minimum atomic E-state index is 0.579. The van der Waals surface area contributed by atoms with Gasteiger partial charge in [0, 0.05) is 5.56 Å². The lowest BCUT2D eigenvalue weighted by atomic mass is 10.1. The largest absolute Gasteiger partial charge is 0.328 e. The van der Waals surface area contributed by atoms with Crippen LogP contribution in [-0.4, -0.2) is 10.1 Å². The zero-order chi connectivity index (χ0) is 8.39. The summed E-state index contributed by atoms with van der Waals surface area (Å²) in [5, 5.41) is 3.67. The summed E-state index contributed by atoms with van der Waals surface area (Å²) < 4.78 is 4.51. The number of rotatable bonds is 1. The molecular weight excluding hydrogens is 152 g/mol. The fraction of sp³-hybridized carbons (Fsp3) is 0.111. The van der Waals surface area contributed by atoms with Crippen LogP contribution in [0.3, 0.4) is 0 Å². The molecule has 0 spiro atoms. The molecule has 1 aromatic heterocycles. The van der Waals surface area contributed by atoms with Crippen molar-refractivity contribution < 1.29 is 4.52 Å². The van der Waals surface area contributed by atoms with Gasteiger partial charge in [-0.25, -0.2) is 0 Å². The van der Waals surface area contributed by atoms with Gasteiger partial charge in [-0.2, -0.15) is 4.98 Å². The predicted molar refractivity (Wildman–Crippen MR) is 43.3 cm³/mol. The molecule has 0 aliphatic heterocycles. The van der Waals surface area contributed by atoms with Crippen LogP contribution < -0.4 is 0 Å². The maximum Gasteiger partial charge on any atom is 0.316 e. The Hall–Kier alpha value is -1.64. The minimum absolute atomic E-state index is 0.579. The predicted octanol–water partition coefficient (Wildman–Crippen LogP) is 1.85. The molecule has 0 amide bonds. The molecule has 0 saturated heterocycles. The van der Waals surface area contributed by atoms with E-state index >= 15 is 0 Å². The van der Waals surface area contributed by atoms with E-state index in [2.05, 4.69) is 21.1 Å². The van der Waals surface area contributed by atoms with Crippen molar-refractivity contribution in [2.45, 2.75) is 6.92 Å². The van der Waals surface area contributed by atoms with Crippen LogP contribution in [0.25, 0.3) is 11.4 Å². The first kappa shape index (κ1) is 7.03. The van der Waals surface area contributed by atoms with Gasteiger partial charge in [-0.1, -0.05) is 35.0 Å². The molecule has 0 fully saturated rings. The number of hydrogen-bond acceptors (Lipinski definition) is 3. The molecule has 0 aliphatic carbocycles. The molecule has 2 aromatic rings. The number of aryl methyl sites for hydroxylation is 1. The van der Waals surface area contributed by atoms with E-state index in [0.29, 0.717) is 5.82 Å². The summed E-state index contributed by atoms with van der Waals surface area (Å²) in [7, 11) is 0. The standard InChI is InChI=1S/C9H7N2O/c1-7-2-4-8(5-3-7)9-10-6-12-11-9/h2-5H,1H3. The van der Waals surface area contributed by atoms with E-state index in [1.165, 1.54) is 5.56 Å². The average molecular weight is 159 g/mol. The highest BCUT2D eigenvalue weighted by Crippen LogP contribution is 2.13. The third kappa shape index (κ3) is 1.21. The first-order chi connectivity index (χ1) is 5.86. The number of aromatic nitrogens is 2. The molecule has 1 aromatic carbocycles. The number of nitrogens with zero attached hydrogens (tertiary/aromatic N) is 2. The summed E-state index contributed by atoms with van der Waals surface area (Å²) in [6.45, 7) is 2.03. The molecule has 1 heterocycles. The van der Waals surface area contributed by atoms with Gasteiger partial charge in [0.1, 0.15) is 0 Å². The first-order valence-electron chi connectivity index (χ1n) is 3.63. The quantitative estimate of drug-likeness (QED) is 0.637. The second-order valence-electron chi connectivity index (χ2n) is 2.58. The Morgan fingerprint density at radius 1 is 1.25 bits per heavy atom. The van der Waals surface area contributed by atoms with Crippen molar-refractivity contribution in [2.24, 2.45) is 0 Å². The lowest BCUT2D eigenvalue weighted by molar-refractivity contribution is 0.411. The van der Waals surface area contributed by atoms with Crippen molar-refractivity contribution >= 4 is 0 Å². The molecule has 59 valence electrons. The van der Waals surface area contributed by atoms with E-state index < -0.39 is 0 Å². The normalized spacial score (nSPS) is 10.1. The molecule has 3 heteroatoms. The molecule has 0 aliphatic rings. The zero-order valence-corrected chi connectivity index (χ0v) is 6.61. The fourth-order valence-electron chi connectivity index (χ4n) is 0.968. The Labute approximate surface area is 70.0 Å². The van der Waals surface area contributed by atoms with Crippen LogP contribution in [0.5, 0.6) is 0 Å². The van der Waals surface area contributed by atoms with Crippen molar-refractivity contribution in [1.29, 1.82) is 0 Å². The second-order valence-corrected chi connectivity index (χ2v) is 2.58. The highest BCUT2D eigenvalue weighted by atomic mass is 16.5. The van der Waals surface area contributed by atoms with Crippen LogP contribution in [0.4, 0.5) is 0 Å². The maximum atomic E-state index is 4.51. The molecule has 0 N–H and O–H groups in total. The van der Waals surface area contributed by atoms with E-state index in [1.54, 1.807) is 0 Å². The summed E-state index contributed by atoms with van der Waals surface area (Å²) in [5.74, 6) is 0.579. The highest BCUT2D eigenvalue weighted by Gasteiger charge is 2.00. The maximum absolute atomic E-state index is 4.51. The van der Waals surface area contributed by atoms with Gasteiger partial charge in [-0.15, -0.1) is 0 Å². The third-order valence-corrected chi connectivity index (χ3v) is 1.63. The van der Waals surface area contributed by atoms with Crippen molar-refractivity contribution in [3.8, 4) is 11.4 Å². The Morgan fingerprint density at radius 2 is 2.00 bits per heavy atom. The van der Waals surface area contributed by atoms with Crippen LogP contribution in [0.1, 0.15) is 5.56 Å². The summed E-state index contributed by atoms with van der Waals surface area (Å²) >= 11 is 0. The zero-order valence-electron chi connectivity index (χ0n) is 6.61. The van der Waals surface area contributed by atoms with E-state index in [1.807, 2.05) is 31.2 Å². The van der Waals surface area contributed by atoms with Gasteiger partial charge in [0.2, 0.25) is 5.82 Å². The van der Waals surface area contributed by atoms with Gasteiger partial charge in [0.15, 0.2) is 0 Å². The minimum Gasteiger partial charge on any atom is -0.328 e. The molecule has 0 unspecified atom stereocenters. The van der Waals surface area contributed by atoms with Crippen LogP contribution >= 0.6 is 0 Å². The van der Waals surface area contributed by atoms with Gasteiger partial charge < -0.3 is 4.52 Å². The monoisotopic (exact) mass is 159 g/mol. The van der Waals surface area contributed by atoms with E-state index in [9.17, 15) is 0 Å². The summed E-state index contributed by atoms with van der Waals surface area (Å²) in [5.41, 5.74) is 2.16.